The Hall–Kier alpha value is -0.270. The summed E-state index contributed by atoms with van der Waals surface area (Å²) in [5.74, 6) is -0.282. The number of benzene rings is 1. The Morgan fingerprint density at radius 3 is 2.67 bits per heavy atom. The van der Waals surface area contributed by atoms with E-state index >= 15 is 0 Å². The molecule has 0 aliphatic rings. The van der Waals surface area contributed by atoms with E-state index in [4.69, 9.17) is 23.2 Å². The van der Waals surface area contributed by atoms with E-state index in [1.54, 1.807) is 12.1 Å². The van der Waals surface area contributed by atoms with E-state index < -0.39 is 0 Å². The summed E-state index contributed by atoms with van der Waals surface area (Å²) in [6, 6.07) is 4.64. The molecule has 0 fully saturated rings. The second-order valence-electron chi connectivity index (χ2n) is 2.69. The third-order valence-electron chi connectivity index (χ3n) is 1.55. The first kappa shape index (κ1) is 9.82. The van der Waals surface area contributed by atoms with E-state index in [0.717, 1.165) is 0 Å². The molecule has 1 rings (SSSR count). The van der Waals surface area contributed by atoms with Gasteiger partial charge in [-0.3, -0.25) is 0 Å². The van der Waals surface area contributed by atoms with Crippen LogP contribution in [0.1, 0.15) is 12.5 Å². The Bertz CT molecular complexity index is 251. The van der Waals surface area contributed by atoms with Gasteiger partial charge in [-0.25, -0.2) is 4.39 Å². The van der Waals surface area contributed by atoms with Crippen molar-refractivity contribution in [3.8, 4) is 0 Å². The van der Waals surface area contributed by atoms with Crippen LogP contribution in [0, 0.1) is 5.82 Å². The Morgan fingerprint density at radius 1 is 1.50 bits per heavy atom. The highest BCUT2D eigenvalue weighted by molar-refractivity contribution is 6.31. The second kappa shape index (κ2) is 4.11. The maximum Gasteiger partial charge on any atom is 0.127 e. The van der Waals surface area contributed by atoms with Crippen LogP contribution < -0.4 is 0 Å². The van der Waals surface area contributed by atoms with Gasteiger partial charge in [-0.1, -0.05) is 17.7 Å². The summed E-state index contributed by atoms with van der Waals surface area (Å²) in [6.45, 7) is 1.81. The van der Waals surface area contributed by atoms with Crippen LogP contribution in [0.15, 0.2) is 18.2 Å². The predicted octanol–water partition coefficient (Wildman–Crippen LogP) is 3.65. The number of rotatable bonds is 2. The van der Waals surface area contributed by atoms with Gasteiger partial charge >= 0.3 is 0 Å². The topological polar surface area (TPSA) is 0 Å². The fourth-order valence-corrected chi connectivity index (χ4v) is 1.40. The lowest BCUT2D eigenvalue weighted by atomic mass is 10.1. The van der Waals surface area contributed by atoms with Crippen LogP contribution in [-0.4, -0.2) is 5.38 Å². The molecule has 0 heterocycles. The highest BCUT2D eigenvalue weighted by Crippen LogP contribution is 2.21. The van der Waals surface area contributed by atoms with Gasteiger partial charge in [0.1, 0.15) is 5.82 Å². The molecule has 0 saturated carbocycles. The van der Waals surface area contributed by atoms with Crippen molar-refractivity contribution < 1.29 is 4.39 Å². The summed E-state index contributed by atoms with van der Waals surface area (Å²) in [5, 5.41) is 0.349. The van der Waals surface area contributed by atoms with Crippen LogP contribution in [-0.2, 0) is 6.42 Å². The highest BCUT2D eigenvalue weighted by Gasteiger charge is 2.08. The third-order valence-corrected chi connectivity index (χ3v) is 2.06. The standard InChI is InChI=1S/C9H9Cl2F/c1-6(10)5-7-8(11)3-2-4-9(7)12/h2-4,6H,5H2,1H3. The van der Waals surface area contributed by atoms with E-state index in [-0.39, 0.29) is 11.2 Å². The third kappa shape index (κ3) is 2.36. The van der Waals surface area contributed by atoms with Gasteiger partial charge in [0.15, 0.2) is 0 Å². The van der Waals surface area contributed by atoms with Crippen molar-refractivity contribution in [1.29, 1.82) is 0 Å². The van der Waals surface area contributed by atoms with Crippen molar-refractivity contribution >= 4 is 23.2 Å². The number of hydrogen-bond donors (Lipinski definition) is 0. The molecule has 0 spiro atoms. The quantitative estimate of drug-likeness (QED) is 0.649. The molecule has 0 aliphatic carbocycles. The molecule has 12 heavy (non-hydrogen) atoms. The Balaban J connectivity index is 2.96. The molecule has 0 aliphatic heterocycles. The Morgan fingerprint density at radius 2 is 2.17 bits per heavy atom. The summed E-state index contributed by atoms with van der Waals surface area (Å²) in [4.78, 5) is 0. The van der Waals surface area contributed by atoms with E-state index in [2.05, 4.69) is 0 Å². The molecule has 0 nitrogen and oxygen atoms in total. The molecule has 3 heteroatoms. The first-order chi connectivity index (χ1) is 5.61. The molecular formula is C9H9Cl2F. The molecule has 0 aromatic heterocycles. The monoisotopic (exact) mass is 206 g/mol. The zero-order valence-electron chi connectivity index (χ0n) is 6.65. The van der Waals surface area contributed by atoms with Crippen molar-refractivity contribution in [2.75, 3.05) is 0 Å². The molecule has 0 radical (unpaired) electrons. The maximum atomic E-state index is 13.1. The van der Waals surface area contributed by atoms with Crippen LogP contribution in [0.4, 0.5) is 4.39 Å². The summed E-state index contributed by atoms with van der Waals surface area (Å²) >= 11 is 11.5. The first-order valence-corrected chi connectivity index (χ1v) is 4.49. The van der Waals surface area contributed by atoms with E-state index in [1.807, 2.05) is 6.92 Å². The van der Waals surface area contributed by atoms with Crippen molar-refractivity contribution in [1.82, 2.24) is 0 Å². The first-order valence-electron chi connectivity index (χ1n) is 3.68. The summed E-state index contributed by atoms with van der Waals surface area (Å²) < 4.78 is 13.1. The van der Waals surface area contributed by atoms with Gasteiger partial charge in [-0.15, -0.1) is 11.6 Å². The molecule has 1 atom stereocenters. The van der Waals surface area contributed by atoms with Gasteiger partial charge in [0.2, 0.25) is 0 Å². The van der Waals surface area contributed by atoms with E-state index in [9.17, 15) is 4.39 Å². The minimum Gasteiger partial charge on any atom is -0.207 e. The normalized spacial score (nSPS) is 13.0. The number of halogens is 3. The second-order valence-corrected chi connectivity index (χ2v) is 3.84. The average Bonchev–Trinajstić information content (AvgIpc) is 1.97. The van der Waals surface area contributed by atoms with Crippen LogP contribution >= 0.6 is 23.2 Å². The molecule has 0 saturated heterocycles. The Labute approximate surface area is 81.3 Å². The van der Waals surface area contributed by atoms with Crippen molar-refractivity contribution in [2.24, 2.45) is 0 Å². The number of hydrogen-bond acceptors (Lipinski definition) is 0. The van der Waals surface area contributed by atoms with Gasteiger partial charge in [0.05, 0.1) is 0 Å². The number of alkyl halides is 1. The molecule has 1 aromatic carbocycles. The zero-order chi connectivity index (χ0) is 9.14. The fraction of sp³-hybridized carbons (Fsp3) is 0.333. The van der Waals surface area contributed by atoms with Gasteiger partial charge in [-0.05, 0) is 25.5 Å². The molecule has 0 amide bonds. The summed E-state index contributed by atoms with van der Waals surface area (Å²) in [6.07, 6.45) is 0.465. The molecule has 0 bridgehead atoms. The lowest BCUT2D eigenvalue weighted by Crippen LogP contribution is -2.00. The highest BCUT2D eigenvalue weighted by atomic mass is 35.5. The van der Waals surface area contributed by atoms with Crippen LogP contribution in [0.3, 0.4) is 0 Å². The van der Waals surface area contributed by atoms with E-state index in [1.165, 1.54) is 6.07 Å². The maximum absolute atomic E-state index is 13.1. The van der Waals surface area contributed by atoms with Crippen molar-refractivity contribution in [3.63, 3.8) is 0 Å². The van der Waals surface area contributed by atoms with Crippen molar-refractivity contribution in [2.45, 2.75) is 18.7 Å². The molecule has 66 valence electrons. The summed E-state index contributed by atoms with van der Waals surface area (Å²) in [5.41, 5.74) is 0.502. The van der Waals surface area contributed by atoms with Crippen LogP contribution in [0.2, 0.25) is 5.02 Å². The van der Waals surface area contributed by atoms with Gasteiger partial charge in [-0.2, -0.15) is 0 Å². The molecule has 1 aromatic rings. The summed E-state index contributed by atoms with van der Waals surface area (Å²) in [7, 11) is 0. The van der Waals surface area contributed by atoms with Crippen LogP contribution in [0.25, 0.3) is 0 Å². The fourth-order valence-electron chi connectivity index (χ4n) is 1.01. The lowest BCUT2D eigenvalue weighted by Gasteiger charge is -2.06. The van der Waals surface area contributed by atoms with Gasteiger partial charge in [0.25, 0.3) is 0 Å². The van der Waals surface area contributed by atoms with Gasteiger partial charge < -0.3 is 0 Å². The Kier molecular flexibility index (Phi) is 3.36. The SMILES string of the molecule is CC(Cl)Cc1c(F)cccc1Cl. The largest absolute Gasteiger partial charge is 0.207 e. The molecule has 1 unspecified atom stereocenters. The smallest absolute Gasteiger partial charge is 0.127 e. The van der Waals surface area contributed by atoms with Gasteiger partial charge in [0, 0.05) is 16.0 Å². The van der Waals surface area contributed by atoms with E-state index in [0.29, 0.717) is 17.0 Å². The molecular weight excluding hydrogens is 198 g/mol. The predicted molar refractivity (Wildman–Crippen MR) is 50.4 cm³/mol. The molecule has 0 N–H and O–H groups in total. The van der Waals surface area contributed by atoms with Crippen molar-refractivity contribution in [3.05, 3.63) is 34.6 Å². The minimum absolute atomic E-state index is 0.0978. The zero-order valence-corrected chi connectivity index (χ0v) is 8.16. The lowest BCUT2D eigenvalue weighted by molar-refractivity contribution is 0.608. The van der Waals surface area contributed by atoms with Crippen LogP contribution in [0.5, 0.6) is 0 Å². The average molecular weight is 207 g/mol. The minimum atomic E-state index is -0.282.